The molecule has 156 valence electrons. The standard InChI is InChI=1S/C19H26N4O2S.2ClH/c20-19(21)22-12-14-5-7-15(8-6-14)13-23-26(24,25)18-10-9-16-3-1-2-4-17(16)11-18;;/h1-4,9-11,14-15,23H,5-8,12-13H2,(H4,20,21,22);2*1H. The number of halogens is 2. The highest BCUT2D eigenvalue weighted by molar-refractivity contribution is 7.89. The molecule has 0 radical (unpaired) electrons. The first-order valence-corrected chi connectivity index (χ1v) is 10.5. The number of nitrogens with two attached hydrogens (primary N) is 2. The van der Waals surface area contributed by atoms with Gasteiger partial charge in [0.2, 0.25) is 10.0 Å². The molecule has 0 unspecified atom stereocenters. The number of hydrogen-bond acceptors (Lipinski definition) is 3. The van der Waals surface area contributed by atoms with E-state index in [1.807, 2.05) is 30.3 Å². The van der Waals surface area contributed by atoms with Crippen LogP contribution in [0.3, 0.4) is 0 Å². The van der Waals surface area contributed by atoms with E-state index in [-0.39, 0.29) is 30.8 Å². The third-order valence-electron chi connectivity index (χ3n) is 5.09. The van der Waals surface area contributed by atoms with Crippen molar-refractivity contribution in [3.05, 3.63) is 42.5 Å². The second kappa shape index (κ2) is 10.9. The first-order valence-electron chi connectivity index (χ1n) is 8.98. The number of hydrogen-bond donors (Lipinski definition) is 3. The Morgan fingerprint density at radius 3 is 2.21 bits per heavy atom. The number of rotatable bonds is 6. The SMILES string of the molecule is Cl.Cl.NC(N)=NCC1CCC(CNS(=O)(=O)c2ccc3ccccc3c2)CC1. The molecular formula is C19H28Cl2N4O2S. The average Bonchev–Trinajstić information content (AvgIpc) is 2.65. The Balaban J connectivity index is 0.00000196. The highest BCUT2D eigenvalue weighted by Gasteiger charge is 2.23. The summed E-state index contributed by atoms with van der Waals surface area (Å²) in [7, 11) is -3.49. The molecule has 0 aromatic heterocycles. The third-order valence-corrected chi connectivity index (χ3v) is 6.51. The molecule has 0 aliphatic heterocycles. The van der Waals surface area contributed by atoms with Gasteiger partial charge in [0.15, 0.2) is 5.96 Å². The summed E-state index contributed by atoms with van der Waals surface area (Å²) in [6, 6.07) is 13.0. The minimum absolute atomic E-state index is 0. The van der Waals surface area contributed by atoms with Crippen molar-refractivity contribution in [1.29, 1.82) is 0 Å². The van der Waals surface area contributed by atoms with Crippen molar-refractivity contribution in [2.45, 2.75) is 30.6 Å². The van der Waals surface area contributed by atoms with Crippen molar-refractivity contribution >= 4 is 51.6 Å². The van der Waals surface area contributed by atoms with Crippen molar-refractivity contribution in [2.24, 2.45) is 28.3 Å². The fourth-order valence-electron chi connectivity index (χ4n) is 3.50. The maximum Gasteiger partial charge on any atom is 0.240 e. The van der Waals surface area contributed by atoms with Crippen LogP contribution in [0.25, 0.3) is 10.8 Å². The fourth-order valence-corrected chi connectivity index (χ4v) is 4.65. The van der Waals surface area contributed by atoms with Crippen molar-refractivity contribution in [3.8, 4) is 0 Å². The van der Waals surface area contributed by atoms with Gasteiger partial charge < -0.3 is 11.5 Å². The number of fused-ring (bicyclic) bond motifs is 1. The van der Waals surface area contributed by atoms with Gasteiger partial charge in [-0.3, -0.25) is 4.99 Å². The zero-order valence-electron chi connectivity index (χ0n) is 15.6. The largest absolute Gasteiger partial charge is 0.370 e. The van der Waals surface area contributed by atoms with Crippen LogP contribution in [-0.2, 0) is 10.0 Å². The molecule has 1 aliphatic carbocycles. The van der Waals surface area contributed by atoms with Crippen LogP contribution in [0.15, 0.2) is 52.4 Å². The van der Waals surface area contributed by atoms with Gasteiger partial charge in [0.1, 0.15) is 0 Å². The normalized spacial score (nSPS) is 19.3. The predicted octanol–water partition coefficient (Wildman–Crippen LogP) is 3.04. The summed E-state index contributed by atoms with van der Waals surface area (Å²) in [6.07, 6.45) is 4.04. The molecule has 1 aliphatic rings. The van der Waals surface area contributed by atoms with E-state index in [0.717, 1.165) is 36.5 Å². The summed E-state index contributed by atoms with van der Waals surface area (Å²) in [5.41, 5.74) is 10.7. The van der Waals surface area contributed by atoms with Crippen molar-refractivity contribution in [3.63, 3.8) is 0 Å². The van der Waals surface area contributed by atoms with Crippen LogP contribution in [0.1, 0.15) is 25.7 Å². The Morgan fingerprint density at radius 1 is 0.964 bits per heavy atom. The van der Waals surface area contributed by atoms with E-state index in [1.54, 1.807) is 12.1 Å². The predicted molar refractivity (Wildman–Crippen MR) is 120 cm³/mol. The van der Waals surface area contributed by atoms with E-state index in [1.165, 1.54) is 0 Å². The van der Waals surface area contributed by atoms with E-state index < -0.39 is 10.0 Å². The van der Waals surface area contributed by atoms with Crippen LogP contribution in [-0.4, -0.2) is 27.5 Å². The third kappa shape index (κ3) is 6.51. The maximum absolute atomic E-state index is 12.6. The molecule has 0 saturated heterocycles. The molecule has 0 spiro atoms. The monoisotopic (exact) mass is 446 g/mol. The lowest BCUT2D eigenvalue weighted by molar-refractivity contribution is 0.280. The Labute approximate surface area is 179 Å². The summed E-state index contributed by atoms with van der Waals surface area (Å²) < 4.78 is 28.0. The summed E-state index contributed by atoms with van der Waals surface area (Å²) in [5, 5.41) is 1.96. The smallest absolute Gasteiger partial charge is 0.240 e. The number of benzene rings is 2. The molecule has 0 amide bonds. The summed E-state index contributed by atoms with van der Waals surface area (Å²) in [4.78, 5) is 4.40. The molecule has 6 nitrogen and oxygen atoms in total. The number of nitrogens with zero attached hydrogens (tertiary/aromatic N) is 1. The Morgan fingerprint density at radius 2 is 1.57 bits per heavy atom. The molecule has 1 saturated carbocycles. The average molecular weight is 447 g/mol. The highest BCUT2D eigenvalue weighted by atomic mass is 35.5. The molecule has 3 rings (SSSR count). The lowest BCUT2D eigenvalue weighted by atomic mass is 9.82. The van der Waals surface area contributed by atoms with Crippen LogP contribution in [0, 0.1) is 11.8 Å². The van der Waals surface area contributed by atoms with Crippen molar-refractivity contribution in [2.75, 3.05) is 13.1 Å². The van der Waals surface area contributed by atoms with Crippen LogP contribution in [0.2, 0.25) is 0 Å². The highest BCUT2D eigenvalue weighted by Crippen LogP contribution is 2.29. The molecule has 5 N–H and O–H groups in total. The van der Waals surface area contributed by atoms with Gasteiger partial charge in [-0.1, -0.05) is 30.3 Å². The topological polar surface area (TPSA) is 111 Å². The second-order valence-corrected chi connectivity index (χ2v) is 8.78. The number of nitrogens with one attached hydrogen (secondary N) is 1. The Bertz CT molecular complexity index is 894. The number of guanidine groups is 1. The van der Waals surface area contributed by atoms with Crippen molar-refractivity contribution in [1.82, 2.24) is 4.72 Å². The van der Waals surface area contributed by atoms with E-state index >= 15 is 0 Å². The van der Waals surface area contributed by atoms with Gasteiger partial charge in [0, 0.05) is 13.1 Å². The summed E-state index contributed by atoms with van der Waals surface area (Å²) in [5.74, 6) is 0.987. The van der Waals surface area contributed by atoms with Gasteiger partial charge in [0.05, 0.1) is 4.90 Å². The molecule has 1 fully saturated rings. The van der Waals surface area contributed by atoms with Gasteiger partial charge in [-0.2, -0.15) is 0 Å². The number of sulfonamides is 1. The molecule has 9 heteroatoms. The quantitative estimate of drug-likeness (QED) is 0.467. The number of aliphatic imine (C=N–C) groups is 1. The molecule has 0 bridgehead atoms. The van der Waals surface area contributed by atoms with E-state index in [2.05, 4.69) is 9.71 Å². The maximum atomic E-state index is 12.6. The van der Waals surface area contributed by atoms with Crippen LogP contribution < -0.4 is 16.2 Å². The first kappa shape index (κ1) is 24.5. The summed E-state index contributed by atoms with van der Waals surface area (Å²) in [6.45, 7) is 1.14. The zero-order valence-corrected chi connectivity index (χ0v) is 18.0. The van der Waals surface area contributed by atoms with Crippen LogP contribution >= 0.6 is 24.8 Å². The van der Waals surface area contributed by atoms with Gasteiger partial charge in [-0.15, -0.1) is 24.8 Å². The van der Waals surface area contributed by atoms with Gasteiger partial charge in [-0.25, -0.2) is 13.1 Å². The first-order chi connectivity index (χ1) is 12.4. The molecule has 0 heterocycles. The second-order valence-electron chi connectivity index (χ2n) is 7.01. The van der Waals surface area contributed by atoms with Gasteiger partial charge >= 0.3 is 0 Å². The summed E-state index contributed by atoms with van der Waals surface area (Å²) >= 11 is 0. The Kier molecular flexibility index (Phi) is 9.50. The molecule has 2 aromatic rings. The fraction of sp³-hybridized carbons (Fsp3) is 0.421. The molecule has 2 aromatic carbocycles. The lowest BCUT2D eigenvalue weighted by Crippen LogP contribution is -2.32. The molecule has 28 heavy (non-hydrogen) atoms. The molecule has 0 atom stereocenters. The molecular weight excluding hydrogens is 419 g/mol. The Hall–Kier alpha value is -1.54. The minimum atomic E-state index is -3.49. The minimum Gasteiger partial charge on any atom is -0.370 e. The van der Waals surface area contributed by atoms with E-state index in [0.29, 0.717) is 29.8 Å². The van der Waals surface area contributed by atoms with Crippen molar-refractivity contribution < 1.29 is 8.42 Å². The van der Waals surface area contributed by atoms with Gasteiger partial charge in [-0.05, 0) is 60.4 Å². The van der Waals surface area contributed by atoms with Crippen LogP contribution in [0.5, 0.6) is 0 Å². The zero-order chi connectivity index (χ0) is 18.6. The lowest BCUT2D eigenvalue weighted by Gasteiger charge is -2.27. The van der Waals surface area contributed by atoms with Gasteiger partial charge in [0.25, 0.3) is 0 Å². The van der Waals surface area contributed by atoms with Crippen LogP contribution in [0.4, 0.5) is 0 Å². The van der Waals surface area contributed by atoms with E-state index in [9.17, 15) is 8.42 Å². The van der Waals surface area contributed by atoms with E-state index in [4.69, 9.17) is 11.5 Å².